The molecule has 0 unspecified atom stereocenters. The molecule has 0 saturated carbocycles. The fraction of sp³-hybridized carbons (Fsp3) is 0.500. The Kier molecular flexibility index (Phi) is 3.57. The fourth-order valence-corrected chi connectivity index (χ4v) is 3.17. The van der Waals surface area contributed by atoms with Crippen LogP contribution in [-0.2, 0) is 5.54 Å². The molecule has 0 aliphatic carbocycles. The first-order valence-corrected chi connectivity index (χ1v) is 6.89. The zero-order chi connectivity index (χ0) is 13.3. The molecular weight excluding hydrogens is 247 g/mol. The largest absolute Gasteiger partial charge is 0.331 e. The smallest absolute Gasteiger partial charge is 0.178 e. The number of benzene rings is 1. The van der Waals surface area contributed by atoms with Crippen LogP contribution >= 0.6 is 12.2 Å². The van der Waals surface area contributed by atoms with Gasteiger partial charge in [0.1, 0.15) is 5.82 Å². The monoisotopic (exact) mass is 266 g/mol. The maximum absolute atomic E-state index is 13.5. The third-order valence-corrected chi connectivity index (χ3v) is 4.38. The van der Waals surface area contributed by atoms with Crippen LogP contribution in [0, 0.1) is 10.6 Å². The molecule has 1 heterocycles. The molecule has 2 nitrogen and oxygen atoms in total. The predicted molar refractivity (Wildman–Crippen MR) is 75.9 cm³/mol. The average molecular weight is 266 g/mol. The quantitative estimate of drug-likeness (QED) is 0.791. The second kappa shape index (κ2) is 4.84. The molecule has 0 aliphatic heterocycles. The minimum absolute atomic E-state index is 0.0247. The van der Waals surface area contributed by atoms with E-state index in [-0.39, 0.29) is 11.4 Å². The van der Waals surface area contributed by atoms with Crippen LogP contribution in [0.25, 0.3) is 11.0 Å². The Labute approximate surface area is 112 Å². The number of nitrogens with one attached hydrogen (secondary N) is 1. The maximum Gasteiger partial charge on any atom is 0.178 e. The van der Waals surface area contributed by atoms with Gasteiger partial charge in [-0.3, -0.25) is 0 Å². The first-order valence-electron chi connectivity index (χ1n) is 6.48. The molecule has 0 amide bonds. The highest BCUT2D eigenvalue weighted by molar-refractivity contribution is 7.71. The van der Waals surface area contributed by atoms with Gasteiger partial charge in [0.15, 0.2) is 4.77 Å². The summed E-state index contributed by atoms with van der Waals surface area (Å²) in [6, 6.07) is 4.78. The van der Waals surface area contributed by atoms with Gasteiger partial charge in [0.2, 0.25) is 0 Å². The standard InChI is InChI=1S/C14H19FN2S/c1-4-14(5-2,6-3)17-12-9-10(15)7-8-11(12)16-13(17)18/h7-9H,4-6H2,1-3H3,(H,16,18). The lowest BCUT2D eigenvalue weighted by molar-refractivity contribution is 0.255. The minimum atomic E-state index is -0.220. The first-order chi connectivity index (χ1) is 8.57. The zero-order valence-corrected chi connectivity index (χ0v) is 11.9. The molecule has 4 heteroatoms. The molecule has 0 aliphatic rings. The Balaban J connectivity index is 2.80. The van der Waals surface area contributed by atoms with E-state index in [1.54, 1.807) is 12.1 Å². The SMILES string of the molecule is CCC(CC)(CC)n1c(=S)[nH]c2ccc(F)cc21. The van der Waals surface area contributed by atoms with Gasteiger partial charge in [0.05, 0.1) is 11.0 Å². The van der Waals surface area contributed by atoms with Gasteiger partial charge in [-0.05, 0) is 49.7 Å². The van der Waals surface area contributed by atoms with Gasteiger partial charge in [-0.1, -0.05) is 20.8 Å². The molecule has 0 radical (unpaired) electrons. The minimum Gasteiger partial charge on any atom is -0.331 e. The van der Waals surface area contributed by atoms with Gasteiger partial charge in [0.25, 0.3) is 0 Å². The second-order valence-electron chi connectivity index (χ2n) is 4.71. The van der Waals surface area contributed by atoms with E-state index in [9.17, 15) is 4.39 Å². The van der Waals surface area contributed by atoms with E-state index in [1.165, 1.54) is 6.07 Å². The van der Waals surface area contributed by atoms with Crippen LogP contribution in [0.3, 0.4) is 0 Å². The van der Waals surface area contributed by atoms with Crippen LogP contribution in [0.15, 0.2) is 18.2 Å². The molecule has 98 valence electrons. The number of halogens is 1. The number of rotatable bonds is 4. The highest BCUT2D eigenvalue weighted by Gasteiger charge is 2.28. The van der Waals surface area contributed by atoms with Crippen molar-refractivity contribution < 1.29 is 4.39 Å². The lowest BCUT2D eigenvalue weighted by Gasteiger charge is -2.33. The number of H-pyrrole nitrogens is 1. The normalized spacial score (nSPS) is 12.2. The lowest BCUT2D eigenvalue weighted by atomic mass is 9.89. The number of hydrogen-bond donors (Lipinski definition) is 1. The van der Waals surface area contributed by atoms with E-state index < -0.39 is 0 Å². The lowest BCUT2D eigenvalue weighted by Crippen LogP contribution is -2.31. The number of imidazole rings is 1. The van der Waals surface area contributed by atoms with Crippen LogP contribution in [0.5, 0.6) is 0 Å². The molecule has 0 bridgehead atoms. The maximum atomic E-state index is 13.5. The number of aromatic nitrogens is 2. The molecule has 18 heavy (non-hydrogen) atoms. The van der Waals surface area contributed by atoms with Crippen LogP contribution < -0.4 is 0 Å². The highest BCUT2D eigenvalue weighted by atomic mass is 32.1. The molecule has 0 atom stereocenters. The summed E-state index contributed by atoms with van der Waals surface area (Å²) in [5.41, 5.74) is 1.75. The Bertz CT molecular complexity index is 600. The highest BCUT2D eigenvalue weighted by Crippen LogP contribution is 2.33. The second-order valence-corrected chi connectivity index (χ2v) is 5.10. The average Bonchev–Trinajstić information content (AvgIpc) is 2.69. The summed E-state index contributed by atoms with van der Waals surface area (Å²) < 4.78 is 16.2. The van der Waals surface area contributed by atoms with E-state index in [1.807, 2.05) is 0 Å². The van der Waals surface area contributed by atoms with Gasteiger partial charge in [0, 0.05) is 5.54 Å². The molecule has 2 aromatic rings. The van der Waals surface area contributed by atoms with Crippen molar-refractivity contribution >= 4 is 23.3 Å². The Morgan fingerprint density at radius 3 is 2.39 bits per heavy atom. The molecule has 0 spiro atoms. The Morgan fingerprint density at radius 2 is 1.83 bits per heavy atom. The third kappa shape index (κ3) is 1.88. The molecule has 0 fully saturated rings. The van der Waals surface area contributed by atoms with E-state index >= 15 is 0 Å². The Hall–Kier alpha value is -1.16. The number of hydrogen-bond acceptors (Lipinski definition) is 1. The van der Waals surface area contributed by atoms with Crippen molar-refractivity contribution in [2.24, 2.45) is 0 Å². The molecule has 0 saturated heterocycles. The Morgan fingerprint density at radius 1 is 1.22 bits per heavy atom. The summed E-state index contributed by atoms with van der Waals surface area (Å²) in [6.07, 6.45) is 2.95. The fourth-order valence-electron chi connectivity index (χ4n) is 2.77. The van der Waals surface area contributed by atoms with Gasteiger partial charge in [-0.2, -0.15) is 0 Å². The van der Waals surface area contributed by atoms with Crippen LogP contribution in [0.4, 0.5) is 4.39 Å². The number of fused-ring (bicyclic) bond motifs is 1. The number of aromatic amines is 1. The van der Waals surface area contributed by atoms with Crippen LogP contribution in [-0.4, -0.2) is 9.55 Å². The van der Waals surface area contributed by atoms with Gasteiger partial charge >= 0.3 is 0 Å². The molecule has 2 rings (SSSR count). The number of nitrogens with zero attached hydrogens (tertiary/aromatic N) is 1. The summed E-state index contributed by atoms with van der Waals surface area (Å²) in [5.74, 6) is -0.220. The van der Waals surface area contributed by atoms with Gasteiger partial charge in [-0.15, -0.1) is 0 Å². The summed E-state index contributed by atoms with van der Waals surface area (Å²) in [4.78, 5) is 3.17. The predicted octanol–water partition coefficient (Wildman–Crippen LogP) is 4.76. The summed E-state index contributed by atoms with van der Waals surface area (Å²) in [7, 11) is 0. The van der Waals surface area contributed by atoms with E-state index in [2.05, 4.69) is 30.3 Å². The van der Waals surface area contributed by atoms with Crippen molar-refractivity contribution in [1.82, 2.24) is 9.55 Å². The van der Waals surface area contributed by atoms with Gasteiger partial charge < -0.3 is 9.55 Å². The summed E-state index contributed by atoms with van der Waals surface area (Å²) >= 11 is 5.43. The van der Waals surface area contributed by atoms with Crippen molar-refractivity contribution in [2.45, 2.75) is 45.6 Å². The van der Waals surface area contributed by atoms with Crippen molar-refractivity contribution in [1.29, 1.82) is 0 Å². The molecule has 1 aromatic heterocycles. The first kappa shape index (κ1) is 13.3. The van der Waals surface area contributed by atoms with Crippen LogP contribution in [0.2, 0.25) is 0 Å². The van der Waals surface area contributed by atoms with E-state index in [4.69, 9.17) is 12.2 Å². The van der Waals surface area contributed by atoms with Crippen molar-refractivity contribution in [3.05, 3.63) is 28.8 Å². The van der Waals surface area contributed by atoms with Gasteiger partial charge in [-0.25, -0.2) is 4.39 Å². The molecule has 1 aromatic carbocycles. The summed E-state index contributed by atoms with van der Waals surface area (Å²) in [6.45, 7) is 6.48. The van der Waals surface area contributed by atoms with Crippen molar-refractivity contribution in [3.63, 3.8) is 0 Å². The van der Waals surface area contributed by atoms with Crippen molar-refractivity contribution in [3.8, 4) is 0 Å². The molecule has 1 N–H and O–H groups in total. The third-order valence-electron chi connectivity index (χ3n) is 4.09. The zero-order valence-electron chi connectivity index (χ0n) is 11.1. The van der Waals surface area contributed by atoms with Crippen molar-refractivity contribution in [2.75, 3.05) is 0 Å². The topological polar surface area (TPSA) is 20.7 Å². The van der Waals surface area contributed by atoms with E-state index in [0.29, 0.717) is 4.77 Å². The summed E-state index contributed by atoms with van der Waals surface area (Å²) in [5, 5.41) is 0. The molecular formula is C14H19FN2S. The van der Waals surface area contributed by atoms with E-state index in [0.717, 1.165) is 30.3 Å². The van der Waals surface area contributed by atoms with Crippen LogP contribution in [0.1, 0.15) is 40.0 Å².